The number of aliphatic hydroxyl groups excluding tert-OH is 1. The third-order valence-electron chi connectivity index (χ3n) is 6.79. The van der Waals surface area contributed by atoms with Crippen molar-refractivity contribution in [2.45, 2.75) is 148 Å². The van der Waals surface area contributed by atoms with Gasteiger partial charge < -0.3 is 21.1 Å². The van der Waals surface area contributed by atoms with Gasteiger partial charge in [-0.2, -0.15) is 0 Å². The molecule has 5 N–H and O–H groups in total. The summed E-state index contributed by atoms with van der Waals surface area (Å²) >= 11 is 0. The van der Waals surface area contributed by atoms with Gasteiger partial charge in [-0.1, -0.05) is 115 Å². The average molecular weight is 589 g/mol. The molecular formula is C31H61N2O6P. The molecule has 0 aromatic carbocycles. The largest absolute Gasteiger partial charge is 0.472 e. The summed E-state index contributed by atoms with van der Waals surface area (Å²) in [6.07, 6.45) is 27.6. The number of carbonyl (C=O) groups is 1. The van der Waals surface area contributed by atoms with Crippen LogP contribution in [-0.4, -0.2) is 47.8 Å². The van der Waals surface area contributed by atoms with Crippen LogP contribution in [-0.2, 0) is 18.4 Å². The predicted molar refractivity (Wildman–Crippen MR) is 166 cm³/mol. The van der Waals surface area contributed by atoms with Crippen LogP contribution in [0, 0.1) is 0 Å². The fourth-order valence-corrected chi connectivity index (χ4v) is 5.11. The van der Waals surface area contributed by atoms with E-state index in [2.05, 4.69) is 43.5 Å². The fourth-order valence-electron chi connectivity index (χ4n) is 4.35. The molecule has 0 heterocycles. The molecule has 0 fully saturated rings. The van der Waals surface area contributed by atoms with Crippen molar-refractivity contribution < 1.29 is 28.4 Å². The second-order valence-electron chi connectivity index (χ2n) is 10.7. The summed E-state index contributed by atoms with van der Waals surface area (Å²) in [5.41, 5.74) is 5.33. The summed E-state index contributed by atoms with van der Waals surface area (Å²) in [4.78, 5) is 22.4. The highest BCUT2D eigenvalue weighted by Crippen LogP contribution is 2.43. The minimum absolute atomic E-state index is 0.0859. The maximum atomic E-state index is 12.6. The Balaban J connectivity index is 4.35. The third-order valence-corrected chi connectivity index (χ3v) is 7.77. The number of phosphoric ester groups is 1. The molecule has 0 bridgehead atoms. The third kappa shape index (κ3) is 25.9. The summed E-state index contributed by atoms with van der Waals surface area (Å²) in [5.74, 6) is -0.182. The zero-order valence-corrected chi connectivity index (χ0v) is 26.5. The molecule has 0 spiro atoms. The van der Waals surface area contributed by atoms with Crippen LogP contribution >= 0.6 is 7.82 Å². The highest BCUT2D eigenvalue weighted by atomic mass is 31.2. The molecule has 0 aliphatic rings. The standard InChI is InChI=1S/C31H61N2O6P/c1-3-5-7-9-11-13-14-15-16-17-19-21-23-25-31(35)33-29(28-39-40(36,37)38-27-26-32)30(34)24-22-20-18-12-10-8-6-4-2/h7,9,13-14,29-30,34H,3-6,8,10-12,15-28,32H2,1-2H3,(H,33,35)(H,36,37)/b9-7-,14-13-. The van der Waals surface area contributed by atoms with E-state index in [9.17, 15) is 19.4 Å². The van der Waals surface area contributed by atoms with E-state index in [1.54, 1.807) is 0 Å². The van der Waals surface area contributed by atoms with Gasteiger partial charge in [0.05, 0.1) is 25.4 Å². The Morgan fingerprint density at radius 2 is 1.43 bits per heavy atom. The quantitative estimate of drug-likeness (QED) is 0.0404. The maximum absolute atomic E-state index is 12.6. The molecule has 0 saturated heterocycles. The predicted octanol–water partition coefficient (Wildman–Crippen LogP) is 7.49. The second kappa shape index (κ2) is 28.1. The van der Waals surface area contributed by atoms with Gasteiger partial charge in [0.25, 0.3) is 0 Å². The van der Waals surface area contributed by atoms with Crippen LogP contribution in [0.25, 0.3) is 0 Å². The van der Waals surface area contributed by atoms with Gasteiger partial charge in [-0.15, -0.1) is 0 Å². The number of aliphatic hydroxyl groups is 1. The van der Waals surface area contributed by atoms with Crippen molar-refractivity contribution in [1.29, 1.82) is 0 Å². The van der Waals surface area contributed by atoms with E-state index in [1.165, 1.54) is 38.5 Å². The molecule has 0 aliphatic carbocycles. The highest BCUT2D eigenvalue weighted by molar-refractivity contribution is 7.47. The molecule has 8 nitrogen and oxygen atoms in total. The van der Waals surface area contributed by atoms with Crippen LogP contribution in [0.4, 0.5) is 0 Å². The zero-order chi connectivity index (χ0) is 29.7. The number of hydrogen-bond acceptors (Lipinski definition) is 6. The van der Waals surface area contributed by atoms with Crippen molar-refractivity contribution in [1.82, 2.24) is 5.32 Å². The summed E-state index contributed by atoms with van der Waals surface area (Å²) in [5, 5.41) is 13.6. The van der Waals surface area contributed by atoms with Gasteiger partial charge >= 0.3 is 7.82 Å². The molecule has 1 amide bonds. The molecule has 236 valence electrons. The average Bonchev–Trinajstić information content (AvgIpc) is 2.93. The first-order valence-corrected chi connectivity index (χ1v) is 17.4. The Morgan fingerprint density at radius 3 is 2.08 bits per heavy atom. The Hall–Kier alpha value is -1.02. The Bertz CT molecular complexity index is 689. The number of nitrogens with one attached hydrogen (secondary N) is 1. The molecule has 0 rings (SSSR count). The SMILES string of the molecule is CCC/C=C\C/C=C\CCCCCCCC(=O)NC(COP(=O)(O)OCCN)C(O)CCCCCCCCCC. The van der Waals surface area contributed by atoms with Gasteiger partial charge in [-0.25, -0.2) is 4.57 Å². The molecule has 0 radical (unpaired) electrons. The number of carbonyl (C=O) groups excluding carboxylic acids is 1. The monoisotopic (exact) mass is 588 g/mol. The van der Waals surface area contributed by atoms with E-state index in [0.717, 1.165) is 70.6 Å². The minimum Gasteiger partial charge on any atom is -0.391 e. The van der Waals surface area contributed by atoms with Crippen molar-refractivity contribution in [3.8, 4) is 0 Å². The molecular weight excluding hydrogens is 527 g/mol. The first kappa shape index (κ1) is 39.0. The molecule has 9 heteroatoms. The number of allylic oxidation sites excluding steroid dienone is 4. The van der Waals surface area contributed by atoms with E-state index in [1.807, 2.05) is 0 Å². The van der Waals surface area contributed by atoms with Gasteiger partial charge in [0.1, 0.15) is 0 Å². The van der Waals surface area contributed by atoms with Gasteiger partial charge in [0.2, 0.25) is 5.91 Å². The summed E-state index contributed by atoms with van der Waals surface area (Å²) < 4.78 is 21.9. The molecule has 0 saturated carbocycles. The van der Waals surface area contributed by atoms with E-state index < -0.39 is 20.0 Å². The zero-order valence-electron chi connectivity index (χ0n) is 25.6. The lowest BCUT2D eigenvalue weighted by Gasteiger charge is -2.25. The van der Waals surface area contributed by atoms with Crippen molar-refractivity contribution in [3.63, 3.8) is 0 Å². The van der Waals surface area contributed by atoms with E-state index >= 15 is 0 Å². The number of rotatable bonds is 29. The van der Waals surface area contributed by atoms with Crippen LogP contribution in [0.3, 0.4) is 0 Å². The molecule has 3 atom stereocenters. The fraction of sp³-hybridized carbons (Fsp3) is 0.839. The van der Waals surface area contributed by atoms with Gasteiger partial charge in [0, 0.05) is 13.0 Å². The van der Waals surface area contributed by atoms with E-state index in [4.69, 9.17) is 14.8 Å². The first-order valence-electron chi connectivity index (χ1n) is 16.0. The van der Waals surface area contributed by atoms with E-state index in [0.29, 0.717) is 12.8 Å². The lowest BCUT2D eigenvalue weighted by molar-refractivity contribution is -0.123. The summed E-state index contributed by atoms with van der Waals surface area (Å²) in [7, 11) is -4.30. The second-order valence-corrected chi connectivity index (χ2v) is 12.1. The topological polar surface area (TPSA) is 131 Å². The number of amides is 1. The Morgan fingerprint density at radius 1 is 0.825 bits per heavy atom. The molecule has 0 aromatic heterocycles. The van der Waals surface area contributed by atoms with Crippen molar-refractivity contribution in [2.75, 3.05) is 19.8 Å². The lowest BCUT2D eigenvalue weighted by atomic mass is 10.0. The summed E-state index contributed by atoms with van der Waals surface area (Å²) in [6, 6.07) is -0.775. The van der Waals surface area contributed by atoms with Crippen LogP contribution in [0.15, 0.2) is 24.3 Å². The minimum atomic E-state index is -4.30. The van der Waals surface area contributed by atoms with E-state index in [-0.39, 0.29) is 25.7 Å². The Labute approximate surface area is 245 Å². The number of hydrogen-bond donors (Lipinski definition) is 4. The highest BCUT2D eigenvalue weighted by Gasteiger charge is 2.27. The van der Waals surface area contributed by atoms with Crippen LogP contribution in [0.1, 0.15) is 136 Å². The van der Waals surface area contributed by atoms with Gasteiger partial charge in [-0.05, 0) is 38.5 Å². The first-order chi connectivity index (χ1) is 19.4. The molecule has 0 aliphatic heterocycles. The number of phosphoric acid groups is 1. The maximum Gasteiger partial charge on any atom is 0.472 e. The smallest absolute Gasteiger partial charge is 0.391 e. The van der Waals surface area contributed by atoms with Crippen molar-refractivity contribution >= 4 is 13.7 Å². The molecule has 0 aromatic rings. The number of unbranched alkanes of at least 4 members (excludes halogenated alkanes) is 13. The van der Waals surface area contributed by atoms with Gasteiger partial charge in [-0.3, -0.25) is 13.8 Å². The normalized spacial score (nSPS) is 15.0. The van der Waals surface area contributed by atoms with Gasteiger partial charge in [0.15, 0.2) is 0 Å². The van der Waals surface area contributed by atoms with Crippen LogP contribution in [0.5, 0.6) is 0 Å². The molecule has 40 heavy (non-hydrogen) atoms. The van der Waals surface area contributed by atoms with Crippen molar-refractivity contribution in [2.24, 2.45) is 5.73 Å². The lowest BCUT2D eigenvalue weighted by Crippen LogP contribution is -2.46. The number of nitrogens with two attached hydrogens (primary N) is 1. The van der Waals surface area contributed by atoms with Crippen LogP contribution < -0.4 is 11.1 Å². The Kier molecular flexibility index (Phi) is 27.4. The van der Waals surface area contributed by atoms with Crippen LogP contribution in [0.2, 0.25) is 0 Å². The summed E-state index contributed by atoms with van der Waals surface area (Å²) in [6.45, 7) is 4.06. The molecule has 3 unspecified atom stereocenters. The van der Waals surface area contributed by atoms with Crippen molar-refractivity contribution in [3.05, 3.63) is 24.3 Å².